The molecule has 1 fully saturated rings. The number of anilines is 1. The summed E-state index contributed by atoms with van der Waals surface area (Å²) in [6.45, 7) is 2.38. The Hall–Kier alpha value is -2.65. The summed E-state index contributed by atoms with van der Waals surface area (Å²) in [5.74, 6) is 0.324. The first-order valence-corrected chi connectivity index (χ1v) is 7.18. The number of benzene rings is 1. The molecule has 1 atom stereocenters. The molecule has 6 heteroatoms. The molecule has 2 aromatic rings. The van der Waals surface area contributed by atoms with Crippen LogP contribution in [-0.4, -0.2) is 28.4 Å². The molecule has 0 radical (unpaired) electrons. The number of ether oxygens (including phenoxy) is 1. The number of amides is 1. The Labute approximate surface area is 128 Å². The van der Waals surface area contributed by atoms with Gasteiger partial charge in [0.05, 0.1) is 5.69 Å². The number of carbonyl (C=O) groups excluding carboxylic acids is 1. The maximum atomic E-state index is 12.3. The average molecular weight is 296 g/mol. The van der Waals surface area contributed by atoms with E-state index in [9.17, 15) is 10.1 Å². The number of aromatic nitrogens is 2. The van der Waals surface area contributed by atoms with Crippen LogP contribution in [0.3, 0.4) is 0 Å². The van der Waals surface area contributed by atoms with E-state index in [-0.39, 0.29) is 5.91 Å². The second-order valence-electron chi connectivity index (χ2n) is 5.17. The summed E-state index contributed by atoms with van der Waals surface area (Å²) < 4.78 is 6.98. The molecule has 0 bridgehead atoms. The largest absolute Gasteiger partial charge is 0.368 e. The molecule has 1 N–H and O–H groups in total. The lowest BCUT2D eigenvalue weighted by atomic mass is 10.2. The van der Waals surface area contributed by atoms with Gasteiger partial charge in [-0.05, 0) is 31.9 Å². The van der Waals surface area contributed by atoms with E-state index in [1.54, 1.807) is 11.6 Å². The molecule has 112 valence electrons. The number of hydrogen-bond donors (Lipinski definition) is 1. The molecule has 1 aromatic heterocycles. The van der Waals surface area contributed by atoms with Crippen molar-refractivity contribution in [1.82, 2.24) is 9.78 Å². The summed E-state index contributed by atoms with van der Waals surface area (Å²) in [5.41, 5.74) is 1.74. The van der Waals surface area contributed by atoms with Crippen LogP contribution in [0.2, 0.25) is 0 Å². The summed E-state index contributed by atoms with van der Waals surface area (Å²) >= 11 is 0. The lowest BCUT2D eigenvalue weighted by Gasteiger charge is -2.13. The van der Waals surface area contributed by atoms with E-state index in [4.69, 9.17) is 4.74 Å². The van der Waals surface area contributed by atoms with Crippen molar-refractivity contribution in [2.45, 2.75) is 25.9 Å². The fourth-order valence-corrected chi connectivity index (χ4v) is 2.49. The van der Waals surface area contributed by atoms with Crippen LogP contribution in [0, 0.1) is 18.3 Å². The minimum atomic E-state index is -0.427. The summed E-state index contributed by atoms with van der Waals surface area (Å²) in [7, 11) is 0. The van der Waals surface area contributed by atoms with Crippen LogP contribution in [0.5, 0.6) is 0 Å². The monoisotopic (exact) mass is 296 g/mol. The Morgan fingerprint density at radius 2 is 2.23 bits per heavy atom. The van der Waals surface area contributed by atoms with Gasteiger partial charge in [0.15, 0.2) is 5.69 Å². The smallest absolute Gasteiger partial charge is 0.254 e. The van der Waals surface area contributed by atoms with Crippen LogP contribution in [0.15, 0.2) is 30.3 Å². The molecular formula is C16H16N4O2. The van der Waals surface area contributed by atoms with Crippen molar-refractivity contribution >= 4 is 11.7 Å². The number of nitrogens with zero attached hydrogens (tertiary/aromatic N) is 3. The van der Waals surface area contributed by atoms with E-state index in [1.807, 2.05) is 30.3 Å². The lowest BCUT2D eigenvalue weighted by molar-refractivity contribution is -0.124. The molecule has 1 aromatic carbocycles. The molecule has 0 unspecified atom stereocenters. The standard InChI is InChI=1S/C16H16N4O2/c1-11-13(10-17)19-20(12-6-3-2-4-7-12)15(11)18-16(21)14-8-5-9-22-14/h2-4,6-7,14H,5,8-9H2,1H3,(H,18,21)/t14-/m1/s1. The summed E-state index contributed by atoms with van der Waals surface area (Å²) in [4.78, 5) is 12.3. The molecule has 22 heavy (non-hydrogen) atoms. The van der Waals surface area contributed by atoms with Crippen LogP contribution in [0.1, 0.15) is 24.1 Å². The van der Waals surface area contributed by atoms with Gasteiger partial charge in [-0.25, -0.2) is 4.68 Å². The molecule has 1 saturated heterocycles. The minimum Gasteiger partial charge on any atom is -0.368 e. The van der Waals surface area contributed by atoms with E-state index < -0.39 is 6.10 Å². The normalized spacial score (nSPS) is 17.2. The Morgan fingerprint density at radius 1 is 1.45 bits per heavy atom. The number of carbonyl (C=O) groups is 1. The van der Waals surface area contributed by atoms with Gasteiger partial charge in [0.1, 0.15) is 18.0 Å². The summed E-state index contributed by atoms with van der Waals surface area (Å²) in [6, 6.07) is 11.5. The van der Waals surface area contributed by atoms with Crippen molar-refractivity contribution < 1.29 is 9.53 Å². The van der Waals surface area contributed by atoms with Gasteiger partial charge < -0.3 is 10.1 Å². The van der Waals surface area contributed by atoms with Crippen LogP contribution in [0.25, 0.3) is 5.69 Å². The molecule has 0 aliphatic carbocycles. The number of para-hydroxylation sites is 1. The highest BCUT2D eigenvalue weighted by molar-refractivity contribution is 5.94. The molecule has 1 amide bonds. The Bertz CT molecular complexity index is 725. The molecule has 3 rings (SSSR count). The fourth-order valence-electron chi connectivity index (χ4n) is 2.49. The lowest BCUT2D eigenvalue weighted by Crippen LogP contribution is -2.28. The van der Waals surface area contributed by atoms with Gasteiger partial charge in [-0.1, -0.05) is 18.2 Å². The molecule has 0 saturated carbocycles. The van der Waals surface area contributed by atoms with Crippen molar-refractivity contribution in [2.75, 3.05) is 11.9 Å². The first kappa shape index (κ1) is 14.3. The molecule has 6 nitrogen and oxygen atoms in total. The van der Waals surface area contributed by atoms with E-state index >= 15 is 0 Å². The third-order valence-corrected chi connectivity index (χ3v) is 3.69. The highest BCUT2D eigenvalue weighted by Crippen LogP contribution is 2.24. The Morgan fingerprint density at radius 3 is 2.86 bits per heavy atom. The van der Waals surface area contributed by atoms with E-state index in [0.29, 0.717) is 23.7 Å². The Kier molecular flexibility index (Phi) is 3.90. The first-order chi connectivity index (χ1) is 10.7. The zero-order valence-electron chi connectivity index (χ0n) is 12.2. The SMILES string of the molecule is Cc1c(C#N)nn(-c2ccccc2)c1NC(=O)[C@H]1CCCO1. The van der Waals surface area contributed by atoms with E-state index in [2.05, 4.69) is 16.5 Å². The fraction of sp³-hybridized carbons (Fsp3) is 0.312. The van der Waals surface area contributed by atoms with Crippen LogP contribution >= 0.6 is 0 Å². The second kappa shape index (κ2) is 6.00. The molecule has 2 heterocycles. The highest BCUT2D eigenvalue weighted by Gasteiger charge is 2.26. The third-order valence-electron chi connectivity index (χ3n) is 3.69. The van der Waals surface area contributed by atoms with Gasteiger partial charge in [-0.2, -0.15) is 10.4 Å². The van der Waals surface area contributed by atoms with Crippen molar-refractivity contribution in [3.05, 3.63) is 41.6 Å². The summed E-state index contributed by atoms with van der Waals surface area (Å²) in [6.07, 6.45) is 1.18. The topological polar surface area (TPSA) is 79.9 Å². The predicted octanol–water partition coefficient (Wildman–Crippen LogP) is 2.17. The van der Waals surface area contributed by atoms with E-state index in [0.717, 1.165) is 18.5 Å². The van der Waals surface area contributed by atoms with Crippen molar-refractivity contribution in [2.24, 2.45) is 0 Å². The molecule has 0 spiro atoms. The quantitative estimate of drug-likeness (QED) is 0.941. The van der Waals surface area contributed by atoms with Crippen LogP contribution in [0.4, 0.5) is 5.82 Å². The number of nitriles is 1. The van der Waals surface area contributed by atoms with Crippen LogP contribution < -0.4 is 5.32 Å². The molecule has 1 aliphatic heterocycles. The predicted molar refractivity (Wildman–Crippen MR) is 80.6 cm³/mol. The number of nitrogens with one attached hydrogen (secondary N) is 1. The van der Waals surface area contributed by atoms with Crippen LogP contribution in [-0.2, 0) is 9.53 Å². The average Bonchev–Trinajstić information content (AvgIpc) is 3.18. The Balaban J connectivity index is 1.97. The van der Waals surface area contributed by atoms with E-state index in [1.165, 1.54) is 0 Å². The van der Waals surface area contributed by atoms with Gasteiger partial charge in [0, 0.05) is 12.2 Å². The first-order valence-electron chi connectivity index (χ1n) is 7.18. The van der Waals surface area contributed by atoms with Crippen molar-refractivity contribution in [1.29, 1.82) is 5.26 Å². The third kappa shape index (κ3) is 2.59. The van der Waals surface area contributed by atoms with Crippen molar-refractivity contribution in [3.63, 3.8) is 0 Å². The zero-order chi connectivity index (χ0) is 15.5. The van der Waals surface area contributed by atoms with Gasteiger partial charge in [0.2, 0.25) is 0 Å². The summed E-state index contributed by atoms with van der Waals surface area (Å²) in [5, 5.41) is 16.3. The van der Waals surface area contributed by atoms with Gasteiger partial charge >= 0.3 is 0 Å². The second-order valence-corrected chi connectivity index (χ2v) is 5.17. The number of rotatable bonds is 3. The van der Waals surface area contributed by atoms with Gasteiger partial charge in [-0.15, -0.1) is 0 Å². The minimum absolute atomic E-state index is 0.192. The zero-order valence-corrected chi connectivity index (χ0v) is 12.2. The van der Waals surface area contributed by atoms with Crippen molar-refractivity contribution in [3.8, 4) is 11.8 Å². The van der Waals surface area contributed by atoms with Gasteiger partial charge in [0.25, 0.3) is 5.91 Å². The maximum Gasteiger partial charge on any atom is 0.254 e. The molecular weight excluding hydrogens is 280 g/mol. The number of hydrogen-bond acceptors (Lipinski definition) is 4. The van der Waals surface area contributed by atoms with Gasteiger partial charge in [-0.3, -0.25) is 4.79 Å². The molecule has 1 aliphatic rings. The maximum absolute atomic E-state index is 12.3. The highest BCUT2D eigenvalue weighted by atomic mass is 16.5.